The zero-order valence-corrected chi connectivity index (χ0v) is 16.4. The Labute approximate surface area is 158 Å². The highest BCUT2D eigenvalue weighted by Gasteiger charge is 2.39. The smallest absolute Gasteiger partial charge is 0.390 e. The number of H-pyrrole nitrogens is 1. The summed E-state index contributed by atoms with van der Waals surface area (Å²) in [6.45, 7) is -2.03. The number of nitrogens with one attached hydrogen (secondary N) is 1. The van der Waals surface area contributed by atoms with Gasteiger partial charge < -0.3 is 18.5 Å². The molecule has 1 fully saturated rings. The van der Waals surface area contributed by atoms with E-state index in [1.54, 1.807) is 6.92 Å². The van der Waals surface area contributed by atoms with E-state index in [4.69, 9.17) is 31.1 Å². The number of ether oxygens (including phenoxy) is 2. The van der Waals surface area contributed by atoms with Crippen molar-refractivity contribution >= 4 is 24.0 Å². The highest BCUT2D eigenvalue weighted by Crippen LogP contribution is 2.50. The molecule has 1 aromatic heterocycles. The molecule has 1 aromatic rings. The number of methoxy groups -OCH3 is 1. The van der Waals surface area contributed by atoms with E-state index in [1.165, 1.54) is 17.9 Å². The molecule has 1 saturated heterocycles. The Hall–Kier alpha value is -2.01. The maximum absolute atomic E-state index is 12.0. The van der Waals surface area contributed by atoms with Crippen LogP contribution in [-0.2, 0) is 30.3 Å². The molecule has 27 heavy (non-hydrogen) atoms. The molecule has 1 unspecified atom stereocenters. The number of aromatic amines is 1. The number of nitrogens with zero attached hydrogens (tertiary/aromatic N) is 4. The van der Waals surface area contributed by atoms with Crippen LogP contribution in [0.5, 0.6) is 0 Å². The Morgan fingerprint density at radius 3 is 2.85 bits per heavy atom. The molecular weight excluding hydrogens is 401 g/mol. The first-order valence-corrected chi connectivity index (χ1v) is 10.3. The minimum atomic E-state index is -3.36. The average molecular weight is 419 g/mol. The number of hydrogen-bond acceptors (Lipinski definition) is 9. The number of aryl methyl sites for hydroxylation is 1. The molecule has 0 aromatic carbocycles. The molecule has 1 N–H and O–H groups in total. The van der Waals surface area contributed by atoms with Crippen LogP contribution in [0.4, 0.5) is 4.79 Å². The Balaban J connectivity index is 2.22. The minimum Gasteiger partial charge on any atom is -0.462 e. The number of azide groups is 1. The van der Waals surface area contributed by atoms with Crippen molar-refractivity contribution in [1.29, 1.82) is 0 Å². The number of carbonyl (C=O) groups is 1. The average Bonchev–Trinajstić information content (AvgIpc) is 3.05. The van der Waals surface area contributed by atoms with Gasteiger partial charge in [0.05, 0.1) is 25.9 Å². The topological polar surface area (TPSA) is 158 Å². The van der Waals surface area contributed by atoms with Gasteiger partial charge >= 0.3 is 11.4 Å². The molecule has 0 spiro atoms. The first-order chi connectivity index (χ1) is 12.8. The van der Waals surface area contributed by atoms with Gasteiger partial charge in [-0.05, 0) is 24.3 Å². The summed E-state index contributed by atoms with van der Waals surface area (Å²) in [6, 6.07) is -0.683. The molecule has 1 aliphatic rings. The van der Waals surface area contributed by atoms with Gasteiger partial charge in [0.15, 0.2) is 0 Å². The Kier molecular flexibility index (Phi) is 6.93. The summed E-state index contributed by atoms with van der Waals surface area (Å²) in [5.74, 6) is 0. The van der Waals surface area contributed by atoms with Crippen LogP contribution in [0.25, 0.3) is 10.4 Å². The van der Waals surface area contributed by atoms with E-state index in [-0.39, 0.29) is 13.0 Å². The highest BCUT2D eigenvalue weighted by molar-refractivity contribution is 8.17. The molecule has 0 bridgehead atoms. The molecule has 0 aliphatic carbocycles. The zero-order chi connectivity index (χ0) is 20.2. The molecule has 2 rings (SSSR count). The van der Waals surface area contributed by atoms with Crippen molar-refractivity contribution in [3.63, 3.8) is 0 Å². The lowest BCUT2D eigenvalue weighted by molar-refractivity contribution is -0.0225. The van der Waals surface area contributed by atoms with E-state index >= 15 is 0 Å². The Morgan fingerprint density at radius 1 is 1.56 bits per heavy atom. The third kappa shape index (κ3) is 4.64. The van der Waals surface area contributed by atoms with E-state index < -0.39 is 41.8 Å². The van der Waals surface area contributed by atoms with Crippen molar-refractivity contribution in [2.45, 2.75) is 31.7 Å². The number of carbonyl (C=O) groups excluding carboxylic acids is 1. The predicted molar refractivity (Wildman–Crippen MR) is 97.2 cm³/mol. The maximum Gasteiger partial charge on any atom is 0.390 e. The van der Waals surface area contributed by atoms with Crippen molar-refractivity contribution in [3.8, 4) is 0 Å². The van der Waals surface area contributed by atoms with Gasteiger partial charge in [-0.15, -0.1) is 0 Å². The fourth-order valence-electron chi connectivity index (χ4n) is 2.49. The van der Waals surface area contributed by atoms with Crippen molar-refractivity contribution < 1.29 is 23.3 Å². The molecule has 0 saturated carbocycles. The standard InChI is InChI=1S/C13H18N5O7PS/c1-7-5-18(12(20)15-11(7)19)10-4-8(16-17-14)9(25-10)6-24-26(27,23-3)13(21)22-2/h5,8-10H,4,6H2,1-3H3,(H,15,19,20)/t8-,9+,10+,26?/m0/s1. The van der Waals surface area contributed by atoms with E-state index in [0.717, 1.165) is 7.11 Å². The molecule has 4 atom stereocenters. The number of rotatable bonds is 7. The van der Waals surface area contributed by atoms with Gasteiger partial charge in [-0.2, -0.15) is 0 Å². The minimum absolute atomic E-state index is 0.164. The Morgan fingerprint density at radius 2 is 2.26 bits per heavy atom. The summed E-state index contributed by atoms with van der Waals surface area (Å²) in [5.41, 5.74) is 7.11. The van der Waals surface area contributed by atoms with Crippen LogP contribution in [0.15, 0.2) is 20.9 Å². The summed E-state index contributed by atoms with van der Waals surface area (Å²) >= 11 is 5.08. The van der Waals surface area contributed by atoms with Crippen LogP contribution >= 0.6 is 6.49 Å². The molecule has 12 nitrogen and oxygen atoms in total. The second kappa shape index (κ2) is 8.79. The SMILES string of the molecule is COC(=O)P(=S)(OC)OC[C@H]1O[C@@H](n2cc(C)c(=O)[nH]c2=O)C[C@@H]1N=[N+]=[N-]. The summed E-state index contributed by atoms with van der Waals surface area (Å²) in [5, 5.41) is 3.65. The first-order valence-electron chi connectivity index (χ1n) is 7.66. The van der Waals surface area contributed by atoms with Gasteiger partial charge in [0.25, 0.3) is 12.1 Å². The molecule has 2 heterocycles. The van der Waals surface area contributed by atoms with Gasteiger partial charge in [0.2, 0.25) is 0 Å². The first kappa shape index (κ1) is 21.3. The van der Waals surface area contributed by atoms with E-state index in [1.807, 2.05) is 0 Å². The zero-order valence-electron chi connectivity index (χ0n) is 14.7. The quantitative estimate of drug-likeness (QED) is 0.302. The Bertz CT molecular complexity index is 924. The summed E-state index contributed by atoms with van der Waals surface area (Å²) in [6.07, 6.45) is -0.0591. The van der Waals surface area contributed by atoms with Crippen molar-refractivity contribution in [1.82, 2.24) is 9.55 Å². The molecule has 0 amide bonds. The summed E-state index contributed by atoms with van der Waals surface area (Å²) in [4.78, 5) is 40.3. The summed E-state index contributed by atoms with van der Waals surface area (Å²) < 4.78 is 21.9. The van der Waals surface area contributed by atoms with Crippen molar-refractivity contribution in [2.24, 2.45) is 5.11 Å². The monoisotopic (exact) mass is 419 g/mol. The van der Waals surface area contributed by atoms with Gasteiger partial charge in [-0.1, -0.05) is 5.11 Å². The number of hydrogen-bond donors (Lipinski definition) is 1. The highest BCUT2D eigenvalue weighted by atomic mass is 32.5. The normalized spacial score (nSPS) is 24.0. The van der Waals surface area contributed by atoms with E-state index in [9.17, 15) is 14.4 Å². The molecule has 1 aliphatic heterocycles. The largest absolute Gasteiger partial charge is 0.462 e. The van der Waals surface area contributed by atoms with Crippen LogP contribution in [0.1, 0.15) is 18.2 Å². The van der Waals surface area contributed by atoms with E-state index in [0.29, 0.717) is 5.56 Å². The fraction of sp³-hybridized carbons (Fsp3) is 0.615. The second-order valence-corrected chi connectivity index (χ2v) is 8.99. The lowest BCUT2D eigenvalue weighted by atomic mass is 10.1. The molecule has 14 heteroatoms. The van der Waals surface area contributed by atoms with Crippen LogP contribution < -0.4 is 11.2 Å². The lowest BCUT2D eigenvalue weighted by Crippen LogP contribution is -2.33. The van der Waals surface area contributed by atoms with Crippen LogP contribution in [0, 0.1) is 6.92 Å². The second-order valence-electron chi connectivity index (χ2n) is 5.56. The van der Waals surface area contributed by atoms with Gasteiger partial charge in [0, 0.05) is 30.2 Å². The fourth-order valence-corrected chi connectivity index (χ4v) is 3.82. The maximum atomic E-state index is 12.0. The van der Waals surface area contributed by atoms with Crippen LogP contribution in [0.3, 0.4) is 0 Å². The third-order valence-electron chi connectivity index (χ3n) is 3.91. The van der Waals surface area contributed by atoms with Crippen LogP contribution in [-0.4, -0.2) is 48.2 Å². The van der Waals surface area contributed by atoms with E-state index in [2.05, 4.69) is 19.7 Å². The summed E-state index contributed by atoms with van der Waals surface area (Å²) in [7, 11) is 2.38. The number of aromatic nitrogens is 2. The van der Waals surface area contributed by atoms with Crippen molar-refractivity contribution in [2.75, 3.05) is 20.8 Å². The molecular formula is C13H18N5O7PS. The van der Waals surface area contributed by atoms with Gasteiger partial charge in [-0.25, -0.2) is 9.59 Å². The van der Waals surface area contributed by atoms with Crippen LogP contribution in [0.2, 0.25) is 0 Å². The molecule has 148 valence electrons. The van der Waals surface area contributed by atoms with Gasteiger partial charge in [-0.3, -0.25) is 14.3 Å². The third-order valence-corrected chi connectivity index (χ3v) is 6.72. The van der Waals surface area contributed by atoms with Gasteiger partial charge in [0.1, 0.15) is 6.23 Å². The lowest BCUT2D eigenvalue weighted by Gasteiger charge is -2.21. The predicted octanol–water partition coefficient (Wildman–Crippen LogP) is 1.55. The molecule has 0 radical (unpaired) electrons. The van der Waals surface area contributed by atoms with Crippen molar-refractivity contribution in [3.05, 3.63) is 43.0 Å².